The van der Waals surface area contributed by atoms with E-state index in [2.05, 4.69) is 10.2 Å². The number of para-hydroxylation sites is 2. The van der Waals surface area contributed by atoms with Gasteiger partial charge < -0.3 is 9.47 Å². The molecule has 4 aromatic rings. The van der Waals surface area contributed by atoms with Crippen LogP contribution < -0.4 is 15.2 Å². The van der Waals surface area contributed by atoms with Crippen molar-refractivity contribution in [1.82, 2.24) is 24.1 Å². The van der Waals surface area contributed by atoms with Gasteiger partial charge in [0.2, 0.25) is 5.88 Å². The van der Waals surface area contributed by atoms with Gasteiger partial charge >= 0.3 is 11.7 Å². The number of methoxy groups -OCH3 is 1. The summed E-state index contributed by atoms with van der Waals surface area (Å²) in [5.74, 6) is 0.536. The smallest absolute Gasteiger partial charge is 0.353 e. The van der Waals surface area contributed by atoms with Crippen molar-refractivity contribution in [1.29, 1.82) is 0 Å². The van der Waals surface area contributed by atoms with E-state index in [9.17, 15) is 4.79 Å². The maximum absolute atomic E-state index is 12.5. The predicted molar refractivity (Wildman–Crippen MR) is 131 cm³/mol. The molecule has 2 aromatic carbocycles. The predicted octanol–water partition coefficient (Wildman–Crippen LogP) is 4.71. The van der Waals surface area contributed by atoms with Gasteiger partial charge in [-0.2, -0.15) is 0 Å². The molecule has 0 aliphatic carbocycles. The van der Waals surface area contributed by atoms with E-state index in [-0.39, 0.29) is 18.3 Å². The Bertz CT molecular complexity index is 1190. The molecule has 2 heterocycles. The molecule has 0 fully saturated rings. The molecule has 0 N–H and O–H groups in total. The second-order valence-corrected chi connectivity index (χ2v) is 6.54. The summed E-state index contributed by atoms with van der Waals surface area (Å²) in [5.41, 5.74) is 3.05. The van der Waals surface area contributed by atoms with Crippen LogP contribution in [0.4, 0.5) is 0 Å². The highest BCUT2D eigenvalue weighted by molar-refractivity contribution is 5.42. The molecule has 8 nitrogen and oxygen atoms in total. The number of aryl methyl sites for hydroxylation is 2. The molecular formula is C25H33N5O3. The minimum absolute atomic E-state index is 0.217. The van der Waals surface area contributed by atoms with Crippen LogP contribution in [-0.2, 0) is 13.7 Å². The number of aromatic nitrogens is 5. The van der Waals surface area contributed by atoms with Crippen molar-refractivity contribution >= 4 is 0 Å². The molecule has 0 amide bonds. The average molecular weight is 452 g/mol. The molecule has 0 saturated carbocycles. The van der Waals surface area contributed by atoms with Crippen molar-refractivity contribution in [2.24, 2.45) is 7.05 Å². The second kappa shape index (κ2) is 12.3. The number of benzene rings is 2. The summed E-state index contributed by atoms with van der Waals surface area (Å²) in [4.78, 5) is 12.5. The topological polar surface area (TPSA) is 76.1 Å². The fourth-order valence-electron chi connectivity index (χ4n) is 3.08. The third-order valence-corrected chi connectivity index (χ3v) is 4.55. The molecule has 0 aliphatic heterocycles. The van der Waals surface area contributed by atoms with E-state index < -0.39 is 0 Å². The summed E-state index contributed by atoms with van der Waals surface area (Å²) in [6.07, 6.45) is 1.92. The molecule has 33 heavy (non-hydrogen) atoms. The summed E-state index contributed by atoms with van der Waals surface area (Å²) < 4.78 is 15.7. The van der Waals surface area contributed by atoms with Crippen LogP contribution in [0, 0.1) is 6.92 Å². The molecule has 0 unspecified atom stereocenters. The van der Waals surface area contributed by atoms with Gasteiger partial charge in [-0.25, -0.2) is 18.7 Å². The monoisotopic (exact) mass is 451 g/mol. The van der Waals surface area contributed by atoms with E-state index in [1.54, 1.807) is 11.7 Å². The van der Waals surface area contributed by atoms with Gasteiger partial charge in [0.1, 0.15) is 6.61 Å². The highest BCUT2D eigenvalue weighted by Crippen LogP contribution is 2.22. The van der Waals surface area contributed by atoms with Crippen LogP contribution in [0.5, 0.6) is 11.9 Å². The van der Waals surface area contributed by atoms with Crippen molar-refractivity contribution < 1.29 is 9.47 Å². The Morgan fingerprint density at radius 1 is 0.909 bits per heavy atom. The first kappa shape index (κ1) is 25.5. The van der Waals surface area contributed by atoms with Crippen LogP contribution in [0.3, 0.4) is 0 Å². The van der Waals surface area contributed by atoms with E-state index in [0.29, 0.717) is 11.6 Å². The average Bonchev–Trinajstić information content (AvgIpc) is 3.39. The van der Waals surface area contributed by atoms with Gasteiger partial charge in [0, 0.05) is 24.4 Å². The van der Waals surface area contributed by atoms with Crippen LogP contribution in [0.1, 0.15) is 38.8 Å². The molecule has 176 valence electrons. The zero-order valence-corrected chi connectivity index (χ0v) is 20.4. The SMILES string of the molecule is CC.CC.COc1nn(C)c(=O)n1-c1ccccc1COc1nn(-c2ccccc2)cc1C. The van der Waals surface area contributed by atoms with Gasteiger partial charge in [0.05, 0.1) is 18.5 Å². The van der Waals surface area contributed by atoms with E-state index in [4.69, 9.17) is 9.47 Å². The highest BCUT2D eigenvalue weighted by Gasteiger charge is 2.17. The largest absolute Gasteiger partial charge is 0.471 e. The Labute approximate surface area is 195 Å². The first-order valence-electron chi connectivity index (χ1n) is 11.1. The van der Waals surface area contributed by atoms with Crippen molar-refractivity contribution in [3.63, 3.8) is 0 Å². The van der Waals surface area contributed by atoms with E-state index in [0.717, 1.165) is 16.8 Å². The summed E-state index contributed by atoms with van der Waals surface area (Å²) in [6.45, 7) is 10.2. The molecule has 0 radical (unpaired) electrons. The Morgan fingerprint density at radius 2 is 1.55 bits per heavy atom. The summed E-state index contributed by atoms with van der Waals surface area (Å²) >= 11 is 0. The lowest BCUT2D eigenvalue weighted by Crippen LogP contribution is -2.22. The Balaban J connectivity index is 0.000000914. The summed E-state index contributed by atoms with van der Waals surface area (Å²) in [6, 6.07) is 17.5. The fraction of sp³-hybridized carbons (Fsp3) is 0.320. The number of hydrogen-bond donors (Lipinski definition) is 0. The van der Waals surface area contributed by atoms with Gasteiger partial charge in [-0.15, -0.1) is 10.2 Å². The maximum atomic E-state index is 12.5. The van der Waals surface area contributed by atoms with Crippen molar-refractivity contribution in [3.8, 4) is 23.3 Å². The lowest BCUT2D eigenvalue weighted by Gasteiger charge is -2.11. The van der Waals surface area contributed by atoms with Gasteiger partial charge in [-0.1, -0.05) is 64.1 Å². The standard InChI is InChI=1S/C21H21N5O3.2C2H6/c1-15-13-25(17-10-5-4-6-11-17)22-19(15)29-14-16-9-7-8-12-18(16)26-20(28-3)23-24(2)21(26)27;2*1-2/h4-13H,14H2,1-3H3;2*1-2H3. The molecule has 2 aromatic heterocycles. The van der Waals surface area contributed by atoms with Crippen molar-refractivity contribution in [2.75, 3.05) is 7.11 Å². The fourth-order valence-corrected chi connectivity index (χ4v) is 3.08. The first-order chi connectivity index (χ1) is 16.1. The molecule has 0 aliphatic rings. The lowest BCUT2D eigenvalue weighted by atomic mass is 10.2. The minimum Gasteiger partial charge on any atom is -0.471 e. The quantitative estimate of drug-likeness (QED) is 0.425. The van der Waals surface area contributed by atoms with Gasteiger partial charge in [-0.05, 0) is 25.1 Å². The second-order valence-electron chi connectivity index (χ2n) is 6.54. The van der Waals surface area contributed by atoms with Crippen LogP contribution in [0.25, 0.3) is 11.4 Å². The normalized spacial score (nSPS) is 9.91. The van der Waals surface area contributed by atoms with E-state index >= 15 is 0 Å². The zero-order chi connectivity index (χ0) is 24.4. The van der Waals surface area contributed by atoms with Gasteiger partial charge in [0.15, 0.2) is 0 Å². The number of rotatable bonds is 6. The van der Waals surface area contributed by atoms with Gasteiger partial charge in [-0.3, -0.25) is 0 Å². The van der Waals surface area contributed by atoms with E-state index in [1.165, 1.54) is 16.4 Å². The molecule has 0 saturated heterocycles. The summed E-state index contributed by atoms with van der Waals surface area (Å²) in [5, 5.41) is 8.64. The van der Waals surface area contributed by atoms with Crippen LogP contribution in [0.2, 0.25) is 0 Å². The minimum atomic E-state index is -0.293. The van der Waals surface area contributed by atoms with Gasteiger partial charge in [0.25, 0.3) is 0 Å². The Kier molecular flexibility index (Phi) is 9.47. The van der Waals surface area contributed by atoms with Crippen LogP contribution in [-0.4, -0.2) is 31.2 Å². The Morgan fingerprint density at radius 3 is 2.21 bits per heavy atom. The number of hydrogen-bond acceptors (Lipinski definition) is 5. The molecule has 4 rings (SSSR count). The molecular weight excluding hydrogens is 418 g/mol. The molecule has 0 atom stereocenters. The zero-order valence-electron chi connectivity index (χ0n) is 20.4. The molecule has 0 bridgehead atoms. The summed E-state index contributed by atoms with van der Waals surface area (Å²) in [7, 11) is 3.07. The third kappa shape index (κ3) is 5.71. The third-order valence-electron chi connectivity index (χ3n) is 4.55. The number of nitrogens with zero attached hydrogens (tertiary/aromatic N) is 5. The van der Waals surface area contributed by atoms with Crippen LogP contribution in [0.15, 0.2) is 65.6 Å². The molecule has 0 spiro atoms. The van der Waals surface area contributed by atoms with Crippen LogP contribution >= 0.6 is 0 Å². The first-order valence-corrected chi connectivity index (χ1v) is 11.1. The highest BCUT2D eigenvalue weighted by atomic mass is 16.5. The van der Waals surface area contributed by atoms with E-state index in [1.807, 2.05) is 95.4 Å². The number of ether oxygens (including phenoxy) is 2. The Hall–Kier alpha value is -3.81. The van der Waals surface area contributed by atoms with Crippen molar-refractivity contribution in [2.45, 2.75) is 41.2 Å². The molecule has 8 heteroatoms. The maximum Gasteiger partial charge on any atom is 0.353 e. The lowest BCUT2D eigenvalue weighted by molar-refractivity contribution is 0.289. The van der Waals surface area contributed by atoms with Crippen molar-refractivity contribution in [3.05, 3.63) is 82.4 Å².